The van der Waals surface area contributed by atoms with Gasteiger partial charge in [0.2, 0.25) is 0 Å². The number of aliphatic hydroxyl groups excluding tert-OH is 1. The van der Waals surface area contributed by atoms with Crippen molar-refractivity contribution in [1.29, 1.82) is 0 Å². The topological polar surface area (TPSA) is 82.7 Å². The van der Waals surface area contributed by atoms with Crippen molar-refractivity contribution in [2.75, 3.05) is 11.9 Å². The van der Waals surface area contributed by atoms with Gasteiger partial charge in [-0.15, -0.1) is 5.10 Å². The van der Waals surface area contributed by atoms with E-state index in [1.807, 2.05) is 32.0 Å². The van der Waals surface area contributed by atoms with Crippen molar-refractivity contribution >= 4 is 11.5 Å². The molecule has 0 amide bonds. The molecule has 6 heteroatoms. The molecule has 0 spiro atoms. The minimum absolute atomic E-state index is 0.0424. The fourth-order valence-corrected chi connectivity index (χ4v) is 2.43. The molecule has 0 saturated carbocycles. The number of benzene rings is 1. The molecule has 3 rings (SSSR count). The van der Waals surface area contributed by atoms with E-state index < -0.39 is 0 Å². The first-order valence-electron chi connectivity index (χ1n) is 7.60. The third kappa shape index (κ3) is 3.12. The molecule has 0 bridgehead atoms. The fraction of sp³-hybridized carbons (Fsp3) is 0.294. The van der Waals surface area contributed by atoms with Crippen LogP contribution in [0.4, 0.5) is 5.82 Å². The van der Waals surface area contributed by atoms with Gasteiger partial charge in [-0.05, 0) is 30.2 Å². The minimum atomic E-state index is -0.0623. The maximum absolute atomic E-state index is 9.66. The van der Waals surface area contributed by atoms with Gasteiger partial charge in [0.25, 0.3) is 0 Å². The molecule has 1 aromatic carbocycles. The third-order valence-corrected chi connectivity index (χ3v) is 3.84. The van der Waals surface area contributed by atoms with Crippen LogP contribution < -0.4 is 5.32 Å². The molecule has 0 unspecified atom stereocenters. The van der Waals surface area contributed by atoms with E-state index in [9.17, 15) is 10.2 Å². The molecule has 23 heavy (non-hydrogen) atoms. The highest BCUT2D eigenvalue weighted by molar-refractivity contribution is 5.65. The average molecular weight is 312 g/mol. The van der Waals surface area contributed by atoms with E-state index in [1.165, 1.54) is 0 Å². The van der Waals surface area contributed by atoms with Gasteiger partial charge in [0.15, 0.2) is 5.65 Å². The van der Waals surface area contributed by atoms with Crippen LogP contribution in [-0.4, -0.2) is 37.5 Å². The molecule has 0 radical (unpaired) electrons. The van der Waals surface area contributed by atoms with Crippen molar-refractivity contribution in [2.24, 2.45) is 5.92 Å². The van der Waals surface area contributed by atoms with Gasteiger partial charge in [0.05, 0.1) is 24.5 Å². The number of aromatic nitrogens is 3. The van der Waals surface area contributed by atoms with E-state index in [4.69, 9.17) is 0 Å². The largest absolute Gasteiger partial charge is 0.508 e. The number of nitrogens with one attached hydrogen (secondary N) is 1. The molecule has 1 atom stereocenters. The lowest BCUT2D eigenvalue weighted by Crippen LogP contribution is -2.30. The van der Waals surface area contributed by atoms with Crippen molar-refractivity contribution < 1.29 is 10.2 Å². The number of hydrogen-bond acceptors (Lipinski definition) is 5. The van der Waals surface area contributed by atoms with Gasteiger partial charge in [-0.25, -0.2) is 9.50 Å². The molecule has 2 heterocycles. The summed E-state index contributed by atoms with van der Waals surface area (Å²) >= 11 is 0. The number of hydrogen-bond donors (Lipinski definition) is 3. The van der Waals surface area contributed by atoms with Crippen molar-refractivity contribution in [2.45, 2.75) is 19.9 Å². The van der Waals surface area contributed by atoms with Crippen LogP contribution in [-0.2, 0) is 0 Å². The van der Waals surface area contributed by atoms with E-state index in [2.05, 4.69) is 15.4 Å². The Morgan fingerprint density at radius 2 is 2.04 bits per heavy atom. The second-order valence-corrected chi connectivity index (χ2v) is 5.86. The average Bonchev–Trinajstić information content (AvgIpc) is 2.95. The molecule has 0 fully saturated rings. The van der Waals surface area contributed by atoms with Crippen LogP contribution >= 0.6 is 0 Å². The highest BCUT2D eigenvalue weighted by Crippen LogP contribution is 2.24. The number of aromatic hydroxyl groups is 1. The number of phenolic OH excluding ortho intramolecular Hbond substituents is 1. The van der Waals surface area contributed by atoms with E-state index in [1.54, 1.807) is 28.9 Å². The van der Waals surface area contributed by atoms with Crippen LogP contribution in [0.15, 0.2) is 42.6 Å². The first-order chi connectivity index (χ1) is 11.1. The van der Waals surface area contributed by atoms with Crippen LogP contribution in [0.1, 0.15) is 13.8 Å². The smallest absolute Gasteiger partial charge is 0.154 e. The summed E-state index contributed by atoms with van der Waals surface area (Å²) in [5, 5.41) is 26.9. The molecule has 6 nitrogen and oxygen atoms in total. The summed E-state index contributed by atoms with van der Waals surface area (Å²) in [5.41, 5.74) is 2.35. The number of aliphatic hydroxyl groups is 1. The molecule has 120 valence electrons. The van der Waals surface area contributed by atoms with Gasteiger partial charge < -0.3 is 15.5 Å². The van der Waals surface area contributed by atoms with Crippen LogP contribution in [0.3, 0.4) is 0 Å². The third-order valence-electron chi connectivity index (χ3n) is 3.84. The fourth-order valence-electron chi connectivity index (χ4n) is 2.43. The molecule has 0 aliphatic carbocycles. The Hall–Kier alpha value is -2.60. The molecule has 2 aromatic heterocycles. The minimum Gasteiger partial charge on any atom is -0.508 e. The predicted octanol–water partition coefficient (Wildman–Crippen LogP) is 2.53. The Bertz CT molecular complexity index is 813. The number of rotatable bonds is 5. The maximum atomic E-state index is 9.66. The lowest BCUT2D eigenvalue weighted by molar-refractivity contribution is 0.249. The zero-order chi connectivity index (χ0) is 16.4. The van der Waals surface area contributed by atoms with Gasteiger partial charge in [0, 0.05) is 5.56 Å². The summed E-state index contributed by atoms with van der Waals surface area (Å²) in [7, 11) is 0. The Kier molecular flexibility index (Phi) is 4.16. The lowest BCUT2D eigenvalue weighted by Gasteiger charge is -2.20. The lowest BCUT2D eigenvalue weighted by atomic mass is 10.1. The summed E-state index contributed by atoms with van der Waals surface area (Å²) in [6.07, 6.45) is 1.73. The normalized spacial score (nSPS) is 12.7. The van der Waals surface area contributed by atoms with E-state index in [0.717, 1.165) is 16.9 Å². The van der Waals surface area contributed by atoms with Crippen molar-refractivity contribution in [3.8, 4) is 17.0 Å². The van der Waals surface area contributed by atoms with Gasteiger partial charge in [-0.2, -0.15) is 0 Å². The van der Waals surface area contributed by atoms with Crippen LogP contribution in [0.25, 0.3) is 16.9 Å². The van der Waals surface area contributed by atoms with Gasteiger partial charge >= 0.3 is 0 Å². The molecule has 3 aromatic rings. The summed E-state index contributed by atoms with van der Waals surface area (Å²) in [4.78, 5) is 4.34. The highest BCUT2D eigenvalue weighted by Gasteiger charge is 2.14. The van der Waals surface area contributed by atoms with Crippen LogP contribution in [0.5, 0.6) is 5.75 Å². The zero-order valence-corrected chi connectivity index (χ0v) is 13.1. The van der Waals surface area contributed by atoms with Crippen molar-refractivity contribution in [1.82, 2.24) is 14.6 Å². The van der Waals surface area contributed by atoms with E-state index in [-0.39, 0.29) is 24.3 Å². The predicted molar refractivity (Wildman–Crippen MR) is 89.4 cm³/mol. The Labute approximate surface area is 134 Å². The number of imidazole rings is 1. The number of nitrogens with zero attached hydrogens (tertiary/aromatic N) is 3. The molecular formula is C17H20N4O2. The SMILES string of the molecule is CC(C)[C@@H](CO)Nc1ccc2ncc(-c3cccc(O)c3)n2n1. The standard InChI is InChI=1S/C17H20N4O2/c1-11(2)14(10-22)19-16-6-7-17-18-9-15(21(17)20-16)12-4-3-5-13(23)8-12/h3-9,11,14,22-23H,10H2,1-2H3,(H,19,20)/t14-/m1/s1. The molecule has 0 aliphatic heterocycles. The monoisotopic (exact) mass is 312 g/mol. The Morgan fingerprint density at radius 3 is 2.74 bits per heavy atom. The van der Waals surface area contributed by atoms with Gasteiger partial charge in [0.1, 0.15) is 11.6 Å². The number of phenols is 1. The first kappa shape index (κ1) is 15.3. The second-order valence-electron chi connectivity index (χ2n) is 5.86. The van der Waals surface area contributed by atoms with Crippen LogP contribution in [0, 0.1) is 5.92 Å². The first-order valence-corrected chi connectivity index (χ1v) is 7.60. The molecule has 3 N–H and O–H groups in total. The number of fused-ring (bicyclic) bond motifs is 1. The Morgan fingerprint density at radius 1 is 1.22 bits per heavy atom. The van der Waals surface area contributed by atoms with Gasteiger partial charge in [-0.3, -0.25) is 0 Å². The maximum Gasteiger partial charge on any atom is 0.154 e. The number of anilines is 1. The molecular weight excluding hydrogens is 292 g/mol. The molecule has 0 aliphatic rings. The van der Waals surface area contributed by atoms with E-state index in [0.29, 0.717) is 5.82 Å². The summed E-state index contributed by atoms with van der Waals surface area (Å²) in [5.74, 6) is 1.15. The van der Waals surface area contributed by atoms with Gasteiger partial charge in [-0.1, -0.05) is 26.0 Å². The summed E-state index contributed by atoms with van der Waals surface area (Å²) in [6.45, 7) is 4.13. The second kappa shape index (κ2) is 6.26. The highest BCUT2D eigenvalue weighted by atomic mass is 16.3. The molecule has 0 saturated heterocycles. The summed E-state index contributed by atoms with van der Waals surface area (Å²) in [6, 6.07) is 10.6. The zero-order valence-electron chi connectivity index (χ0n) is 13.1. The van der Waals surface area contributed by atoms with E-state index >= 15 is 0 Å². The van der Waals surface area contributed by atoms with Crippen molar-refractivity contribution in [3.05, 3.63) is 42.6 Å². The van der Waals surface area contributed by atoms with Crippen molar-refractivity contribution in [3.63, 3.8) is 0 Å². The summed E-state index contributed by atoms with van der Waals surface area (Å²) < 4.78 is 1.73. The quantitative estimate of drug-likeness (QED) is 0.674. The van der Waals surface area contributed by atoms with Crippen LogP contribution in [0.2, 0.25) is 0 Å². The Balaban J connectivity index is 2.00.